The van der Waals surface area contributed by atoms with Crippen molar-refractivity contribution in [2.24, 2.45) is 0 Å². The Kier molecular flexibility index (Phi) is 15.5. The number of hydrogen-bond donors (Lipinski definition) is 7. The number of carbonyl (C=O) groups is 3. The molecule has 0 saturated carbocycles. The van der Waals surface area contributed by atoms with Gasteiger partial charge in [0.15, 0.2) is 0 Å². The number of ether oxygens (including phenoxy) is 2. The van der Waals surface area contributed by atoms with E-state index < -0.39 is 18.0 Å². The van der Waals surface area contributed by atoms with Crippen molar-refractivity contribution in [3.05, 3.63) is 152 Å². The largest absolute Gasteiger partial charge is 0.494 e. The zero-order valence-corrected chi connectivity index (χ0v) is 40.6. The van der Waals surface area contributed by atoms with E-state index in [4.69, 9.17) is 20.9 Å². The third-order valence-corrected chi connectivity index (χ3v) is 13.1. The van der Waals surface area contributed by atoms with Gasteiger partial charge in [-0.3, -0.25) is 9.59 Å². The molecule has 15 heteroatoms. The molecule has 352 valence electrons. The van der Waals surface area contributed by atoms with Gasteiger partial charge >= 0.3 is 5.97 Å². The number of fused-ring (bicyclic) bond motifs is 5. The molecule has 68 heavy (non-hydrogen) atoms. The maximum absolute atomic E-state index is 13.1. The van der Waals surface area contributed by atoms with E-state index in [0.29, 0.717) is 80.5 Å². The summed E-state index contributed by atoms with van der Waals surface area (Å²) in [5.74, 6) is -0.236. The number of nitrogens with one attached hydrogen (secondary N) is 3. The fraction of sp³-hybridized carbons (Fsp3) is 0.264. The van der Waals surface area contributed by atoms with Crippen LogP contribution >= 0.6 is 31.9 Å². The van der Waals surface area contributed by atoms with Crippen LogP contribution in [-0.4, -0.2) is 64.9 Å². The first-order chi connectivity index (χ1) is 32.9. The van der Waals surface area contributed by atoms with Crippen LogP contribution < -0.4 is 36.9 Å². The summed E-state index contributed by atoms with van der Waals surface area (Å²) in [4.78, 5) is 38.2. The summed E-state index contributed by atoms with van der Waals surface area (Å²) in [5, 5.41) is 32.9. The van der Waals surface area contributed by atoms with E-state index >= 15 is 0 Å². The van der Waals surface area contributed by atoms with Crippen molar-refractivity contribution >= 4 is 88.5 Å². The minimum Gasteiger partial charge on any atom is -0.494 e. The van der Waals surface area contributed by atoms with Gasteiger partial charge in [0, 0.05) is 115 Å². The lowest BCUT2D eigenvalue weighted by Crippen LogP contribution is -2.25. The average Bonchev–Trinajstić information content (AvgIpc) is 3.61. The second-order valence-corrected chi connectivity index (χ2v) is 18.9. The van der Waals surface area contributed by atoms with Crippen LogP contribution in [0.1, 0.15) is 88.3 Å². The predicted octanol–water partition coefficient (Wildman–Crippen LogP) is 10.6. The second kappa shape index (κ2) is 22.0. The van der Waals surface area contributed by atoms with Crippen molar-refractivity contribution in [3.63, 3.8) is 0 Å². The van der Waals surface area contributed by atoms with Crippen LogP contribution in [0.2, 0.25) is 0 Å². The van der Waals surface area contributed by atoms with Crippen molar-refractivity contribution in [3.8, 4) is 17.2 Å². The number of aromatic nitrogens is 1. The predicted molar refractivity (Wildman–Crippen MR) is 275 cm³/mol. The third-order valence-electron chi connectivity index (χ3n) is 12.1. The molecule has 1 aliphatic rings. The van der Waals surface area contributed by atoms with Gasteiger partial charge in [0.2, 0.25) is 5.91 Å². The van der Waals surface area contributed by atoms with Crippen LogP contribution in [0.25, 0.3) is 21.8 Å². The molecule has 0 radical (unpaired) electrons. The minimum absolute atomic E-state index is 0.000671. The maximum Gasteiger partial charge on any atom is 0.336 e. The normalized spacial score (nSPS) is 12.5. The van der Waals surface area contributed by atoms with Crippen LogP contribution in [0.5, 0.6) is 17.2 Å². The van der Waals surface area contributed by atoms with Crippen molar-refractivity contribution in [2.75, 3.05) is 43.0 Å². The van der Waals surface area contributed by atoms with Crippen LogP contribution in [-0.2, 0) is 11.3 Å². The Labute approximate surface area is 411 Å². The van der Waals surface area contributed by atoms with E-state index in [9.17, 15) is 24.6 Å². The molecule has 1 aromatic heterocycles. The van der Waals surface area contributed by atoms with Crippen molar-refractivity contribution in [1.29, 1.82) is 0 Å². The summed E-state index contributed by atoms with van der Waals surface area (Å²) in [6.45, 7) is 2.34. The molecule has 2 amide bonds. The molecule has 7 aromatic rings. The Morgan fingerprint density at radius 1 is 0.706 bits per heavy atom. The molecule has 0 bridgehead atoms. The summed E-state index contributed by atoms with van der Waals surface area (Å²) < 4.78 is 16.3. The fourth-order valence-corrected chi connectivity index (χ4v) is 9.49. The molecule has 0 aliphatic carbocycles. The molecule has 13 nitrogen and oxygen atoms in total. The number of rotatable bonds is 21. The Morgan fingerprint density at radius 3 is 2.00 bits per heavy atom. The van der Waals surface area contributed by atoms with Crippen LogP contribution in [0.4, 0.5) is 17.1 Å². The van der Waals surface area contributed by atoms with Crippen molar-refractivity contribution < 1.29 is 34.1 Å². The summed E-state index contributed by atoms with van der Waals surface area (Å²) in [7, 11) is 0. The molecular formula is C53H54Br2N6O7. The van der Waals surface area contributed by atoms with Gasteiger partial charge < -0.3 is 51.7 Å². The highest BCUT2D eigenvalue weighted by molar-refractivity contribution is 9.10. The molecule has 9 N–H and O–H groups in total. The maximum atomic E-state index is 13.1. The van der Waals surface area contributed by atoms with E-state index in [-0.39, 0.29) is 22.9 Å². The fourth-order valence-electron chi connectivity index (χ4n) is 8.76. The first-order valence-electron chi connectivity index (χ1n) is 22.8. The summed E-state index contributed by atoms with van der Waals surface area (Å²) >= 11 is 7.19. The average molecular weight is 1050 g/mol. The van der Waals surface area contributed by atoms with Gasteiger partial charge in [-0.2, -0.15) is 0 Å². The van der Waals surface area contributed by atoms with E-state index in [2.05, 4.69) is 76.6 Å². The number of aliphatic hydroxyl groups excluding tert-OH is 1. The van der Waals surface area contributed by atoms with Gasteiger partial charge in [-0.05, 0) is 110 Å². The summed E-state index contributed by atoms with van der Waals surface area (Å²) in [5.41, 5.74) is 18.4. The topological polar surface area (TPSA) is 203 Å². The zero-order chi connectivity index (χ0) is 47.7. The second-order valence-electron chi connectivity index (χ2n) is 17.1. The lowest BCUT2D eigenvalue weighted by Gasteiger charge is -2.30. The van der Waals surface area contributed by atoms with Crippen LogP contribution in [0.15, 0.2) is 124 Å². The lowest BCUT2D eigenvalue weighted by atomic mass is 9.80. The number of carboxylic acid groups (broad SMARTS) is 1. The number of aromatic carboxylic acids is 1. The monoisotopic (exact) mass is 1040 g/mol. The number of aliphatic hydroxyl groups is 1. The number of nitrogens with zero attached hydrogens (tertiary/aromatic N) is 1. The minimum atomic E-state index is -1.15. The molecule has 6 aromatic carbocycles. The highest BCUT2D eigenvalue weighted by atomic mass is 79.9. The van der Waals surface area contributed by atoms with Gasteiger partial charge in [0.25, 0.3) is 5.91 Å². The van der Waals surface area contributed by atoms with Crippen LogP contribution in [0, 0.1) is 0 Å². The number of nitrogens with two attached hydrogens (primary N) is 2. The van der Waals surface area contributed by atoms with E-state index in [1.807, 2.05) is 48.5 Å². The molecule has 8 rings (SSSR count). The number of nitrogen functional groups attached to an aromatic ring is 2. The van der Waals surface area contributed by atoms with Gasteiger partial charge in [-0.1, -0.05) is 62.5 Å². The first kappa shape index (κ1) is 47.9. The lowest BCUT2D eigenvalue weighted by molar-refractivity contribution is -0.121. The Morgan fingerprint density at radius 2 is 1.34 bits per heavy atom. The number of benzene rings is 6. The number of amides is 2. The Hall–Kier alpha value is -6.55. The molecule has 1 unspecified atom stereocenters. The standard InChI is InChI=1S/C53H54Br2N6O7/c54-33-12-19-46-43(25-33)44-26-34(55)13-20-47(44)61(46)31-38(62)30-60-37-8-7-9-39(29-37)67-23-6-2-5-21-58-50(63)10-3-1-4-22-59-52(64)32-11-16-40(45(24-32)53(65)66)51-41-17-14-35(56)27-48(41)68-49-28-36(57)15-18-42(49)51/h7-9,11-20,24-29,38,51,60,62H,1-6,10,21-23,30-31,56-57H2,(H,58,63)(H,59,64)(H,65,66). The van der Waals surface area contributed by atoms with E-state index in [1.165, 1.54) is 6.07 Å². The molecular weight excluding hydrogens is 992 g/mol. The first-order valence-corrected chi connectivity index (χ1v) is 24.4. The molecule has 2 heterocycles. The van der Waals surface area contributed by atoms with Crippen LogP contribution in [0.3, 0.4) is 0 Å². The number of anilines is 3. The van der Waals surface area contributed by atoms with Crippen molar-refractivity contribution in [2.45, 2.75) is 63.5 Å². The highest BCUT2D eigenvalue weighted by Gasteiger charge is 2.32. The Balaban J connectivity index is 0.700. The number of halogens is 2. The highest BCUT2D eigenvalue weighted by Crippen LogP contribution is 2.49. The van der Waals surface area contributed by atoms with Gasteiger partial charge in [0.1, 0.15) is 17.2 Å². The number of hydrogen-bond acceptors (Lipinski definition) is 9. The number of unbranched alkanes of at least 4 members (excludes halogenated alkanes) is 4. The quantitative estimate of drug-likeness (QED) is 0.0268. The number of carbonyl (C=O) groups excluding carboxylic acids is 2. The molecule has 0 saturated heterocycles. The summed E-state index contributed by atoms with van der Waals surface area (Å²) in [6, 6.07) is 35.5. The molecule has 0 spiro atoms. The van der Waals surface area contributed by atoms with Gasteiger partial charge in [-0.15, -0.1) is 0 Å². The molecule has 0 fully saturated rings. The molecule has 1 aliphatic heterocycles. The van der Waals surface area contributed by atoms with Crippen molar-refractivity contribution in [1.82, 2.24) is 15.2 Å². The van der Waals surface area contributed by atoms with E-state index in [1.54, 1.807) is 36.4 Å². The van der Waals surface area contributed by atoms with Gasteiger partial charge in [0.05, 0.1) is 24.8 Å². The third kappa shape index (κ3) is 11.6. The zero-order valence-electron chi connectivity index (χ0n) is 37.4. The SMILES string of the molecule is Nc1ccc2c(c1)Oc1cc(N)ccc1C2c1ccc(C(=O)NCCCCCC(=O)NCCCCCOc2cccc(NCC(O)Cn3c4ccc(Br)cc4c4cc(Br)ccc43)c2)cc1C(=O)O. The van der Waals surface area contributed by atoms with E-state index in [0.717, 1.165) is 79.0 Å². The Bertz CT molecular complexity index is 2870. The van der Waals surface area contributed by atoms with Gasteiger partial charge in [-0.25, -0.2) is 4.79 Å². The summed E-state index contributed by atoms with van der Waals surface area (Å²) in [6.07, 6.45) is 4.46. The smallest absolute Gasteiger partial charge is 0.336 e. The molecule has 1 atom stereocenters. The number of carboxylic acids is 1.